The van der Waals surface area contributed by atoms with Gasteiger partial charge in [0.2, 0.25) is 0 Å². The average molecular weight is 263 g/mol. The van der Waals surface area contributed by atoms with Gasteiger partial charge >= 0.3 is 0 Å². The normalized spacial score (nSPS) is 23.7. The summed E-state index contributed by atoms with van der Waals surface area (Å²) in [4.78, 5) is 4.04. The molecular formula is C15H19ClN2. The van der Waals surface area contributed by atoms with E-state index < -0.39 is 0 Å². The Labute approximate surface area is 114 Å². The highest BCUT2D eigenvalue weighted by Gasteiger charge is 2.23. The zero-order valence-electron chi connectivity index (χ0n) is 10.7. The maximum atomic E-state index is 6.15. The zero-order chi connectivity index (χ0) is 13.1. The molecule has 96 valence electrons. The summed E-state index contributed by atoms with van der Waals surface area (Å²) >= 11 is 6.15. The Morgan fingerprint density at radius 2 is 2.22 bits per heavy atom. The molecule has 1 aromatic carbocycles. The van der Waals surface area contributed by atoms with Gasteiger partial charge in [0.05, 0.1) is 10.7 Å². The maximum Gasteiger partial charge on any atom is 0.0883 e. The number of piperidine rings is 1. The average Bonchev–Trinajstić information content (AvgIpc) is 2.38. The van der Waals surface area contributed by atoms with Gasteiger partial charge in [-0.25, -0.2) is 0 Å². The van der Waals surface area contributed by atoms with E-state index in [4.69, 9.17) is 11.6 Å². The fourth-order valence-electron chi connectivity index (χ4n) is 2.72. The highest BCUT2D eigenvalue weighted by atomic mass is 35.5. The summed E-state index contributed by atoms with van der Waals surface area (Å²) in [5.41, 5.74) is 3.05. The van der Waals surface area contributed by atoms with E-state index in [0.717, 1.165) is 24.3 Å². The van der Waals surface area contributed by atoms with Crippen LogP contribution < -0.4 is 5.32 Å². The molecule has 0 aliphatic carbocycles. The van der Waals surface area contributed by atoms with Crippen LogP contribution in [0.25, 0.3) is 6.08 Å². The van der Waals surface area contributed by atoms with Gasteiger partial charge in [-0.3, -0.25) is 4.99 Å². The van der Waals surface area contributed by atoms with Gasteiger partial charge in [-0.05, 0) is 43.1 Å². The van der Waals surface area contributed by atoms with Gasteiger partial charge in [0.25, 0.3) is 0 Å². The molecule has 3 heteroatoms. The van der Waals surface area contributed by atoms with Gasteiger partial charge in [0, 0.05) is 12.1 Å². The van der Waals surface area contributed by atoms with E-state index in [0.29, 0.717) is 16.9 Å². The molecule has 1 heterocycles. The van der Waals surface area contributed by atoms with Crippen LogP contribution in [-0.2, 0) is 0 Å². The van der Waals surface area contributed by atoms with Crippen molar-refractivity contribution in [3.63, 3.8) is 0 Å². The molecule has 2 rings (SSSR count). The Hall–Kier alpha value is -1.12. The number of nitrogens with zero attached hydrogens (tertiary/aromatic N) is 1. The molecule has 1 aliphatic heterocycles. The molecule has 1 saturated heterocycles. The van der Waals surface area contributed by atoms with Gasteiger partial charge < -0.3 is 5.32 Å². The minimum atomic E-state index is 0.500. The van der Waals surface area contributed by atoms with Crippen molar-refractivity contribution in [3.8, 4) is 0 Å². The number of benzene rings is 1. The van der Waals surface area contributed by atoms with E-state index >= 15 is 0 Å². The van der Waals surface area contributed by atoms with Crippen LogP contribution in [0.1, 0.15) is 30.4 Å². The lowest BCUT2D eigenvalue weighted by Gasteiger charge is -2.29. The first kappa shape index (κ1) is 13.3. The maximum absolute atomic E-state index is 6.15. The highest BCUT2D eigenvalue weighted by molar-refractivity contribution is 6.33. The molecular weight excluding hydrogens is 244 g/mol. The lowest BCUT2D eigenvalue weighted by Crippen LogP contribution is -2.34. The summed E-state index contributed by atoms with van der Waals surface area (Å²) in [7, 11) is 0. The van der Waals surface area contributed by atoms with Crippen LogP contribution in [0, 0.1) is 5.92 Å². The molecule has 1 aliphatic rings. The smallest absolute Gasteiger partial charge is 0.0883 e. The molecule has 0 aromatic heterocycles. The first-order valence-corrected chi connectivity index (χ1v) is 6.67. The molecule has 2 unspecified atom stereocenters. The van der Waals surface area contributed by atoms with E-state index in [2.05, 4.69) is 36.6 Å². The first-order valence-electron chi connectivity index (χ1n) is 6.29. The van der Waals surface area contributed by atoms with Crippen LogP contribution in [-0.4, -0.2) is 19.8 Å². The monoisotopic (exact) mass is 262 g/mol. The molecule has 1 fully saturated rings. The van der Waals surface area contributed by atoms with E-state index in [1.807, 2.05) is 12.1 Å². The van der Waals surface area contributed by atoms with E-state index in [1.165, 1.54) is 12.0 Å². The summed E-state index contributed by atoms with van der Waals surface area (Å²) in [6.07, 6.45) is 3.02. The van der Waals surface area contributed by atoms with Gasteiger partial charge in [-0.2, -0.15) is 0 Å². The highest BCUT2D eigenvalue weighted by Crippen LogP contribution is 2.37. The van der Waals surface area contributed by atoms with Crippen molar-refractivity contribution in [1.29, 1.82) is 0 Å². The van der Waals surface area contributed by atoms with Gasteiger partial charge in [-0.15, -0.1) is 0 Å². The summed E-state index contributed by atoms with van der Waals surface area (Å²) in [6.45, 7) is 11.9. The quantitative estimate of drug-likeness (QED) is 0.818. The predicted molar refractivity (Wildman–Crippen MR) is 80.1 cm³/mol. The largest absolute Gasteiger partial charge is 0.316 e. The van der Waals surface area contributed by atoms with Crippen LogP contribution in [0.5, 0.6) is 0 Å². The van der Waals surface area contributed by atoms with Gasteiger partial charge in [-0.1, -0.05) is 37.2 Å². The Balaban J connectivity index is 2.43. The molecule has 0 saturated carbocycles. The molecule has 1 N–H and O–H groups in total. The summed E-state index contributed by atoms with van der Waals surface area (Å²) < 4.78 is 0. The summed E-state index contributed by atoms with van der Waals surface area (Å²) in [6, 6.07) is 4.01. The number of hydrogen-bond donors (Lipinski definition) is 1. The summed E-state index contributed by atoms with van der Waals surface area (Å²) in [5, 5.41) is 4.11. The number of halogens is 1. The van der Waals surface area contributed by atoms with Crippen LogP contribution >= 0.6 is 11.6 Å². The van der Waals surface area contributed by atoms with Gasteiger partial charge in [0.1, 0.15) is 0 Å². The number of rotatable bonds is 3. The second-order valence-corrected chi connectivity index (χ2v) is 5.36. The predicted octanol–water partition coefficient (Wildman–Crippen LogP) is 4.03. The van der Waals surface area contributed by atoms with Crippen molar-refractivity contribution in [1.82, 2.24) is 5.32 Å². The molecule has 0 spiro atoms. The molecule has 18 heavy (non-hydrogen) atoms. The van der Waals surface area contributed by atoms with Crippen molar-refractivity contribution in [2.24, 2.45) is 10.9 Å². The third-order valence-electron chi connectivity index (χ3n) is 3.57. The molecule has 0 amide bonds. The first-order chi connectivity index (χ1) is 8.67. The summed E-state index contributed by atoms with van der Waals surface area (Å²) in [5.74, 6) is 1.19. The zero-order valence-corrected chi connectivity index (χ0v) is 11.5. The number of aliphatic imine (C=N–C) groups is 1. The second-order valence-electron chi connectivity index (χ2n) is 4.96. The topological polar surface area (TPSA) is 24.4 Å². The molecule has 1 aromatic rings. The molecule has 0 bridgehead atoms. The van der Waals surface area contributed by atoms with Crippen LogP contribution in [0.2, 0.25) is 5.02 Å². The standard InChI is InChI=1S/C15H19ClN2/c1-4-12-13(5-6-14(16)15(12)17-3)11-7-10(2)8-18-9-11/h4-6,10-11,18H,1,3,7-9H2,2H3. The fourth-order valence-corrected chi connectivity index (χ4v) is 2.95. The third-order valence-corrected chi connectivity index (χ3v) is 3.88. The Kier molecular flexibility index (Phi) is 4.20. The number of nitrogens with one attached hydrogen (secondary N) is 1. The Morgan fingerprint density at radius 3 is 2.83 bits per heavy atom. The molecule has 2 atom stereocenters. The second kappa shape index (κ2) is 5.68. The van der Waals surface area contributed by atoms with E-state index in [-0.39, 0.29) is 0 Å². The minimum Gasteiger partial charge on any atom is -0.316 e. The van der Waals surface area contributed by atoms with Crippen molar-refractivity contribution in [2.75, 3.05) is 13.1 Å². The van der Waals surface area contributed by atoms with Crippen molar-refractivity contribution < 1.29 is 0 Å². The number of hydrogen-bond acceptors (Lipinski definition) is 2. The molecule has 0 radical (unpaired) electrons. The van der Waals surface area contributed by atoms with Crippen LogP contribution in [0.15, 0.2) is 23.7 Å². The lowest BCUT2D eigenvalue weighted by molar-refractivity contribution is 0.364. The van der Waals surface area contributed by atoms with Crippen molar-refractivity contribution >= 4 is 30.1 Å². The molecule has 2 nitrogen and oxygen atoms in total. The van der Waals surface area contributed by atoms with Crippen LogP contribution in [0.3, 0.4) is 0 Å². The lowest BCUT2D eigenvalue weighted by atomic mass is 9.84. The van der Waals surface area contributed by atoms with Crippen LogP contribution in [0.4, 0.5) is 5.69 Å². The third kappa shape index (κ3) is 2.50. The van der Waals surface area contributed by atoms with Crippen molar-refractivity contribution in [3.05, 3.63) is 34.9 Å². The Morgan fingerprint density at radius 1 is 1.44 bits per heavy atom. The fraction of sp³-hybridized carbons (Fsp3) is 0.400. The van der Waals surface area contributed by atoms with Crippen molar-refractivity contribution in [2.45, 2.75) is 19.3 Å². The van der Waals surface area contributed by atoms with E-state index in [9.17, 15) is 0 Å². The minimum absolute atomic E-state index is 0.500. The van der Waals surface area contributed by atoms with Gasteiger partial charge in [0.15, 0.2) is 0 Å². The Bertz CT molecular complexity index is 468. The van der Waals surface area contributed by atoms with E-state index in [1.54, 1.807) is 0 Å². The SMILES string of the molecule is C=Cc1c(C2CNCC(C)C2)ccc(Cl)c1N=C.